The summed E-state index contributed by atoms with van der Waals surface area (Å²) in [6.07, 6.45) is 5.22. The maximum Gasteiger partial charge on any atom is 0.223 e. The van der Waals surface area contributed by atoms with Crippen LogP contribution in [0, 0.1) is 5.92 Å². The van der Waals surface area contributed by atoms with Crippen LogP contribution in [0.2, 0.25) is 0 Å². The Hall–Kier alpha value is -0.870. The number of hydrogen-bond acceptors (Lipinski definition) is 3. The lowest BCUT2D eigenvalue weighted by Crippen LogP contribution is -2.38. The molecule has 0 spiro atoms. The van der Waals surface area contributed by atoms with Crippen molar-refractivity contribution >= 4 is 17.2 Å². The Balaban J connectivity index is 1.91. The summed E-state index contributed by atoms with van der Waals surface area (Å²) in [5.41, 5.74) is 6.13. The molecule has 0 aliphatic heterocycles. The highest BCUT2D eigenvalue weighted by atomic mass is 32.1. The third-order valence-corrected chi connectivity index (χ3v) is 5.38. The highest BCUT2D eigenvalue weighted by Gasteiger charge is 2.27. The first-order chi connectivity index (χ1) is 9.09. The van der Waals surface area contributed by atoms with Crippen molar-refractivity contribution in [2.45, 2.75) is 51.1 Å². The van der Waals surface area contributed by atoms with E-state index in [0.717, 1.165) is 12.8 Å². The van der Waals surface area contributed by atoms with Gasteiger partial charge in [0.1, 0.15) is 0 Å². The lowest BCUT2D eigenvalue weighted by atomic mass is 9.82. The zero-order valence-electron chi connectivity index (χ0n) is 11.8. The SMILES string of the molecule is CC(c1cccs1)N(C)C(=O)CC1CCCCC1N. The Bertz CT molecular complexity index is 404. The Morgan fingerprint density at radius 2 is 2.26 bits per heavy atom. The van der Waals surface area contributed by atoms with Crippen LogP contribution >= 0.6 is 11.3 Å². The summed E-state index contributed by atoms with van der Waals surface area (Å²) in [7, 11) is 1.90. The second-order valence-electron chi connectivity index (χ2n) is 5.61. The van der Waals surface area contributed by atoms with Gasteiger partial charge in [0.2, 0.25) is 5.91 Å². The normalized spacial score (nSPS) is 25.0. The predicted octanol–water partition coefficient (Wildman–Crippen LogP) is 3.18. The zero-order valence-corrected chi connectivity index (χ0v) is 12.7. The molecule has 3 atom stereocenters. The lowest BCUT2D eigenvalue weighted by molar-refractivity contribution is -0.133. The summed E-state index contributed by atoms with van der Waals surface area (Å²) >= 11 is 1.70. The van der Waals surface area contributed by atoms with E-state index in [1.54, 1.807) is 11.3 Å². The molecule has 0 saturated heterocycles. The molecule has 2 rings (SSSR count). The van der Waals surface area contributed by atoms with E-state index in [0.29, 0.717) is 12.3 Å². The van der Waals surface area contributed by atoms with Crippen molar-refractivity contribution in [3.63, 3.8) is 0 Å². The number of nitrogens with two attached hydrogens (primary N) is 1. The second-order valence-corrected chi connectivity index (χ2v) is 6.59. The minimum Gasteiger partial charge on any atom is -0.338 e. The smallest absolute Gasteiger partial charge is 0.223 e. The fourth-order valence-corrected chi connectivity index (χ4v) is 3.62. The molecule has 106 valence electrons. The zero-order chi connectivity index (χ0) is 13.8. The van der Waals surface area contributed by atoms with E-state index in [9.17, 15) is 4.79 Å². The molecular formula is C15H24N2OS. The summed E-state index contributed by atoms with van der Waals surface area (Å²) in [6.45, 7) is 2.09. The quantitative estimate of drug-likeness (QED) is 0.920. The molecule has 1 amide bonds. The predicted molar refractivity (Wildman–Crippen MR) is 80.1 cm³/mol. The van der Waals surface area contributed by atoms with Gasteiger partial charge < -0.3 is 10.6 Å². The van der Waals surface area contributed by atoms with Crippen LogP contribution in [0.5, 0.6) is 0 Å². The minimum atomic E-state index is 0.160. The lowest BCUT2D eigenvalue weighted by Gasteiger charge is -2.31. The number of hydrogen-bond donors (Lipinski definition) is 1. The first-order valence-electron chi connectivity index (χ1n) is 7.14. The molecule has 3 unspecified atom stereocenters. The Morgan fingerprint density at radius 1 is 1.53 bits per heavy atom. The Kier molecular flexibility index (Phi) is 4.99. The van der Waals surface area contributed by atoms with Gasteiger partial charge in [0, 0.05) is 24.4 Å². The van der Waals surface area contributed by atoms with Crippen LogP contribution in [0.4, 0.5) is 0 Å². The largest absolute Gasteiger partial charge is 0.338 e. The van der Waals surface area contributed by atoms with Crippen LogP contribution < -0.4 is 5.73 Å². The number of amides is 1. The van der Waals surface area contributed by atoms with Crippen LogP contribution in [-0.4, -0.2) is 23.9 Å². The second kappa shape index (κ2) is 6.53. The molecule has 1 aromatic rings. The van der Waals surface area contributed by atoms with Gasteiger partial charge >= 0.3 is 0 Å². The van der Waals surface area contributed by atoms with Crippen molar-refractivity contribution in [2.75, 3.05) is 7.05 Å². The van der Waals surface area contributed by atoms with Crippen LogP contribution in [0.15, 0.2) is 17.5 Å². The van der Waals surface area contributed by atoms with E-state index in [1.165, 1.54) is 17.7 Å². The number of nitrogens with zero attached hydrogens (tertiary/aromatic N) is 1. The summed E-state index contributed by atoms with van der Waals surface area (Å²) in [4.78, 5) is 15.5. The van der Waals surface area contributed by atoms with Crippen molar-refractivity contribution < 1.29 is 4.79 Å². The molecule has 1 aliphatic carbocycles. The van der Waals surface area contributed by atoms with Gasteiger partial charge in [0.05, 0.1) is 6.04 Å². The van der Waals surface area contributed by atoms with Gasteiger partial charge in [-0.15, -0.1) is 11.3 Å². The molecule has 0 radical (unpaired) electrons. The summed E-state index contributed by atoms with van der Waals surface area (Å²) < 4.78 is 0. The monoisotopic (exact) mass is 280 g/mol. The molecule has 1 heterocycles. The van der Waals surface area contributed by atoms with Gasteiger partial charge in [-0.2, -0.15) is 0 Å². The molecule has 0 bridgehead atoms. The molecule has 0 aromatic carbocycles. The van der Waals surface area contributed by atoms with Crippen molar-refractivity contribution in [3.8, 4) is 0 Å². The van der Waals surface area contributed by atoms with Crippen LogP contribution in [0.3, 0.4) is 0 Å². The average molecular weight is 280 g/mol. The Labute approximate surface area is 119 Å². The van der Waals surface area contributed by atoms with Crippen LogP contribution in [0.1, 0.15) is 49.9 Å². The topological polar surface area (TPSA) is 46.3 Å². The molecule has 3 nitrogen and oxygen atoms in total. The van der Waals surface area contributed by atoms with E-state index in [4.69, 9.17) is 5.73 Å². The number of thiophene rings is 1. The standard InChI is InChI=1S/C15H24N2OS/c1-11(14-8-5-9-19-14)17(2)15(18)10-12-6-3-4-7-13(12)16/h5,8-9,11-13H,3-4,6-7,10,16H2,1-2H3. The van der Waals surface area contributed by atoms with E-state index < -0.39 is 0 Å². The number of rotatable bonds is 4. The van der Waals surface area contributed by atoms with Crippen molar-refractivity contribution in [2.24, 2.45) is 11.7 Å². The highest BCUT2D eigenvalue weighted by Crippen LogP contribution is 2.28. The maximum absolute atomic E-state index is 12.4. The molecule has 19 heavy (non-hydrogen) atoms. The molecular weight excluding hydrogens is 256 g/mol. The Morgan fingerprint density at radius 3 is 2.89 bits per heavy atom. The molecule has 1 saturated carbocycles. The molecule has 1 aliphatic rings. The number of carbonyl (C=O) groups is 1. The first-order valence-corrected chi connectivity index (χ1v) is 8.02. The summed E-state index contributed by atoms with van der Waals surface area (Å²) in [6, 6.07) is 4.49. The van der Waals surface area contributed by atoms with Gasteiger partial charge in [0.15, 0.2) is 0 Å². The summed E-state index contributed by atoms with van der Waals surface area (Å²) in [5.74, 6) is 0.600. The molecule has 4 heteroatoms. The highest BCUT2D eigenvalue weighted by molar-refractivity contribution is 7.10. The fraction of sp³-hybridized carbons (Fsp3) is 0.667. The summed E-state index contributed by atoms with van der Waals surface area (Å²) in [5, 5.41) is 2.06. The third-order valence-electron chi connectivity index (χ3n) is 4.33. The third kappa shape index (κ3) is 3.57. The van der Waals surface area contributed by atoms with Crippen LogP contribution in [0.25, 0.3) is 0 Å². The van der Waals surface area contributed by atoms with Gasteiger partial charge in [-0.05, 0) is 37.1 Å². The van der Waals surface area contributed by atoms with Gasteiger partial charge in [0.25, 0.3) is 0 Å². The molecule has 1 fully saturated rings. The van der Waals surface area contributed by atoms with E-state index >= 15 is 0 Å². The average Bonchev–Trinajstić information content (AvgIpc) is 2.93. The van der Waals surface area contributed by atoms with E-state index in [1.807, 2.05) is 18.0 Å². The minimum absolute atomic E-state index is 0.160. The van der Waals surface area contributed by atoms with E-state index in [2.05, 4.69) is 18.4 Å². The van der Waals surface area contributed by atoms with Gasteiger partial charge in [-0.1, -0.05) is 18.9 Å². The van der Waals surface area contributed by atoms with Crippen molar-refractivity contribution in [1.29, 1.82) is 0 Å². The fourth-order valence-electron chi connectivity index (χ4n) is 2.79. The van der Waals surface area contributed by atoms with Gasteiger partial charge in [-0.3, -0.25) is 4.79 Å². The van der Waals surface area contributed by atoms with Crippen molar-refractivity contribution in [1.82, 2.24) is 4.90 Å². The van der Waals surface area contributed by atoms with Crippen LogP contribution in [-0.2, 0) is 4.79 Å². The van der Waals surface area contributed by atoms with Gasteiger partial charge in [-0.25, -0.2) is 0 Å². The van der Waals surface area contributed by atoms with Crippen molar-refractivity contribution in [3.05, 3.63) is 22.4 Å². The maximum atomic E-state index is 12.4. The molecule has 2 N–H and O–H groups in total. The first kappa shape index (κ1) is 14.5. The molecule has 1 aromatic heterocycles. The van der Waals surface area contributed by atoms with E-state index in [-0.39, 0.29) is 18.0 Å². The number of carbonyl (C=O) groups excluding carboxylic acids is 1.